The fourth-order valence-electron chi connectivity index (χ4n) is 2.29. The predicted octanol–water partition coefficient (Wildman–Crippen LogP) is 3.25. The highest BCUT2D eigenvalue weighted by atomic mass is 79.9. The minimum absolute atomic E-state index is 0.506. The first kappa shape index (κ1) is 13.7. The quantitative estimate of drug-likeness (QED) is 0.837. The monoisotopic (exact) mass is 335 g/mol. The first-order valence-corrected chi connectivity index (χ1v) is 9.32. The van der Waals surface area contributed by atoms with Gasteiger partial charge in [-0.1, -0.05) is 0 Å². The molecule has 2 unspecified atom stereocenters. The molecule has 96 valence electrons. The highest BCUT2D eigenvalue weighted by Gasteiger charge is 2.21. The van der Waals surface area contributed by atoms with E-state index in [1.807, 2.05) is 11.3 Å². The van der Waals surface area contributed by atoms with E-state index in [1.54, 1.807) is 6.26 Å². The molecule has 2 atom stereocenters. The van der Waals surface area contributed by atoms with Gasteiger partial charge in [-0.2, -0.15) is 0 Å². The van der Waals surface area contributed by atoms with Crippen LogP contribution in [0.2, 0.25) is 0 Å². The Hall–Kier alpha value is 0.290. The van der Waals surface area contributed by atoms with E-state index in [0.717, 1.165) is 18.7 Å². The molecule has 1 aliphatic rings. The summed E-state index contributed by atoms with van der Waals surface area (Å²) in [5, 5.41) is 3.60. The minimum Gasteiger partial charge on any atom is -0.310 e. The van der Waals surface area contributed by atoms with Crippen molar-refractivity contribution in [1.82, 2.24) is 5.32 Å². The first-order chi connectivity index (χ1) is 8.16. The molecule has 0 saturated heterocycles. The molecule has 0 aliphatic heterocycles. The van der Waals surface area contributed by atoms with Gasteiger partial charge in [0.05, 0.1) is 3.79 Å². The Morgan fingerprint density at radius 3 is 3.24 bits per heavy atom. The SMILES string of the molecule is CS(=O)CCCNC1CCCc2sc(Br)cc21. The van der Waals surface area contributed by atoms with Crippen LogP contribution in [0, 0.1) is 0 Å². The van der Waals surface area contributed by atoms with Gasteiger partial charge in [-0.05, 0) is 59.8 Å². The van der Waals surface area contributed by atoms with Crippen molar-refractivity contribution in [2.24, 2.45) is 0 Å². The maximum absolute atomic E-state index is 11.0. The maximum Gasteiger partial charge on any atom is 0.0704 e. The van der Waals surface area contributed by atoms with Gasteiger partial charge in [0.15, 0.2) is 0 Å². The van der Waals surface area contributed by atoms with Crippen LogP contribution < -0.4 is 5.32 Å². The Kier molecular flexibility index (Phi) is 5.21. The third-order valence-corrected chi connectivity index (χ3v) is 5.66. The van der Waals surface area contributed by atoms with Gasteiger partial charge in [0, 0.05) is 33.7 Å². The number of hydrogen-bond acceptors (Lipinski definition) is 3. The van der Waals surface area contributed by atoms with Crippen molar-refractivity contribution in [1.29, 1.82) is 0 Å². The molecule has 0 bridgehead atoms. The lowest BCUT2D eigenvalue weighted by Gasteiger charge is -2.23. The number of thiophene rings is 1. The Bertz CT molecular complexity index is 405. The second kappa shape index (κ2) is 6.45. The zero-order valence-electron chi connectivity index (χ0n) is 10.0. The average Bonchev–Trinajstić information content (AvgIpc) is 2.65. The van der Waals surface area contributed by atoms with Crippen molar-refractivity contribution < 1.29 is 4.21 Å². The lowest BCUT2D eigenvalue weighted by Crippen LogP contribution is -2.25. The lowest BCUT2D eigenvalue weighted by molar-refractivity contribution is 0.464. The zero-order valence-corrected chi connectivity index (χ0v) is 13.2. The number of halogens is 1. The largest absolute Gasteiger partial charge is 0.310 e. The number of nitrogens with one attached hydrogen (secondary N) is 1. The van der Waals surface area contributed by atoms with Crippen LogP contribution in [0.15, 0.2) is 9.85 Å². The van der Waals surface area contributed by atoms with Crippen LogP contribution in [-0.4, -0.2) is 22.8 Å². The van der Waals surface area contributed by atoms with Gasteiger partial charge in [-0.25, -0.2) is 0 Å². The summed E-state index contributed by atoms with van der Waals surface area (Å²) in [5.74, 6) is 0.805. The molecule has 2 rings (SSSR count). The second-order valence-electron chi connectivity index (χ2n) is 4.46. The van der Waals surface area contributed by atoms with Crippen molar-refractivity contribution in [2.45, 2.75) is 31.7 Å². The van der Waals surface area contributed by atoms with Gasteiger partial charge >= 0.3 is 0 Å². The predicted molar refractivity (Wildman–Crippen MR) is 79.3 cm³/mol. The average molecular weight is 336 g/mol. The third kappa shape index (κ3) is 3.88. The van der Waals surface area contributed by atoms with Gasteiger partial charge in [-0.3, -0.25) is 4.21 Å². The van der Waals surface area contributed by atoms with Crippen LogP contribution in [-0.2, 0) is 17.2 Å². The molecular weight excluding hydrogens is 318 g/mol. The van der Waals surface area contributed by atoms with E-state index in [0.29, 0.717) is 6.04 Å². The van der Waals surface area contributed by atoms with Gasteiger partial charge in [-0.15, -0.1) is 11.3 Å². The van der Waals surface area contributed by atoms with Crippen molar-refractivity contribution in [3.05, 3.63) is 20.3 Å². The van der Waals surface area contributed by atoms with Gasteiger partial charge < -0.3 is 5.32 Å². The summed E-state index contributed by atoms with van der Waals surface area (Å²) in [5.41, 5.74) is 1.48. The second-order valence-corrected chi connectivity index (χ2v) is 8.53. The van der Waals surface area contributed by atoms with E-state index in [2.05, 4.69) is 27.3 Å². The van der Waals surface area contributed by atoms with Crippen molar-refractivity contribution >= 4 is 38.1 Å². The number of rotatable bonds is 5. The normalized spacial score (nSPS) is 21.2. The van der Waals surface area contributed by atoms with Crippen LogP contribution in [0.4, 0.5) is 0 Å². The smallest absolute Gasteiger partial charge is 0.0704 e. The first-order valence-electron chi connectivity index (χ1n) is 5.98. The Morgan fingerprint density at radius 2 is 2.47 bits per heavy atom. The number of aryl methyl sites for hydroxylation is 1. The zero-order chi connectivity index (χ0) is 12.3. The number of fused-ring (bicyclic) bond motifs is 1. The summed E-state index contributed by atoms with van der Waals surface area (Å²) in [6.07, 6.45) is 6.50. The summed E-state index contributed by atoms with van der Waals surface area (Å²) < 4.78 is 12.2. The summed E-state index contributed by atoms with van der Waals surface area (Å²) in [4.78, 5) is 1.53. The molecule has 0 radical (unpaired) electrons. The standard InChI is InChI=1S/C12H18BrNOS2/c1-17(15)7-3-6-14-10-4-2-5-11-9(10)8-12(13)16-11/h8,10,14H,2-7H2,1H3. The Labute approximate surface area is 118 Å². The molecule has 17 heavy (non-hydrogen) atoms. The van der Waals surface area contributed by atoms with Crippen molar-refractivity contribution in [3.8, 4) is 0 Å². The number of hydrogen-bond donors (Lipinski definition) is 1. The molecule has 1 aliphatic carbocycles. The molecule has 0 fully saturated rings. The third-order valence-electron chi connectivity index (χ3n) is 3.08. The lowest BCUT2D eigenvalue weighted by atomic mass is 9.94. The molecule has 1 N–H and O–H groups in total. The molecule has 2 nitrogen and oxygen atoms in total. The minimum atomic E-state index is -0.658. The van der Waals surface area contributed by atoms with Crippen LogP contribution >= 0.6 is 27.3 Å². The van der Waals surface area contributed by atoms with Gasteiger partial charge in [0.2, 0.25) is 0 Å². The van der Waals surface area contributed by atoms with E-state index in [4.69, 9.17) is 0 Å². The highest BCUT2D eigenvalue weighted by Crippen LogP contribution is 2.37. The van der Waals surface area contributed by atoms with E-state index in [-0.39, 0.29) is 0 Å². The van der Waals surface area contributed by atoms with E-state index >= 15 is 0 Å². The van der Waals surface area contributed by atoms with Crippen LogP contribution in [0.5, 0.6) is 0 Å². The summed E-state index contributed by atoms with van der Waals surface area (Å²) in [7, 11) is -0.658. The van der Waals surface area contributed by atoms with Crippen LogP contribution in [0.1, 0.15) is 35.7 Å². The van der Waals surface area contributed by atoms with Crippen LogP contribution in [0.25, 0.3) is 0 Å². The van der Waals surface area contributed by atoms with Gasteiger partial charge in [0.1, 0.15) is 0 Å². The molecule has 5 heteroatoms. The summed E-state index contributed by atoms with van der Waals surface area (Å²) in [6, 6.07) is 2.76. The molecule has 1 aromatic rings. The Balaban J connectivity index is 1.88. The van der Waals surface area contributed by atoms with Crippen LogP contribution in [0.3, 0.4) is 0 Å². The van der Waals surface area contributed by atoms with Crippen molar-refractivity contribution in [2.75, 3.05) is 18.6 Å². The molecular formula is C12H18BrNOS2. The van der Waals surface area contributed by atoms with Crippen molar-refractivity contribution in [3.63, 3.8) is 0 Å². The molecule has 0 amide bonds. The fraction of sp³-hybridized carbons (Fsp3) is 0.667. The van der Waals surface area contributed by atoms with Gasteiger partial charge in [0.25, 0.3) is 0 Å². The molecule has 1 aromatic heterocycles. The molecule has 0 spiro atoms. The summed E-state index contributed by atoms with van der Waals surface area (Å²) >= 11 is 5.44. The Morgan fingerprint density at radius 1 is 1.65 bits per heavy atom. The summed E-state index contributed by atoms with van der Waals surface area (Å²) in [6.45, 7) is 0.969. The highest BCUT2D eigenvalue weighted by molar-refractivity contribution is 9.11. The van der Waals surface area contributed by atoms with E-state index < -0.39 is 10.8 Å². The maximum atomic E-state index is 11.0. The van der Waals surface area contributed by atoms with E-state index in [1.165, 1.54) is 33.5 Å². The molecule has 0 saturated carbocycles. The fourth-order valence-corrected chi connectivity index (χ4v) is 4.66. The topological polar surface area (TPSA) is 29.1 Å². The molecule has 0 aromatic carbocycles. The van der Waals surface area contributed by atoms with E-state index in [9.17, 15) is 4.21 Å². The molecule has 1 heterocycles.